The lowest BCUT2D eigenvalue weighted by atomic mass is 9.85. The second-order valence-corrected chi connectivity index (χ2v) is 8.33. The molecule has 2 aromatic carbocycles. The van der Waals surface area contributed by atoms with E-state index in [0.29, 0.717) is 13.0 Å². The normalized spacial score (nSPS) is 18.5. The molecule has 5 heteroatoms. The van der Waals surface area contributed by atoms with Crippen LogP contribution in [0.2, 0.25) is 0 Å². The van der Waals surface area contributed by atoms with Crippen LogP contribution in [-0.2, 0) is 12.0 Å². The Morgan fingerprint density at radius 1 is 1.03 bits per heavy atom. The Balaban J connectivity index is 1.69. The largest absolute Gasteiger partial charge is 0.465 e. The minimum Gasteiger partial charge on any atom is -0.465 e. The molecule has 1 aliphatic heterocycles. The predicted octanol–water partition coefficient (Wildman–Crippen LogP) is 5.52. The number of hydrogen-bond donors (Lipinski definition) is 1. The van der Waals surface area contributed by atoms with E-state index in [1.165, 1.54) is 5.56 Å². The third-order valence-corrected chi connectivity index (χ3v) is 6.45. The molecule has 156 valence electrons. The van der Waals surface area contributed by atoms with Crippen molar-refractivity contribution in [1.82, 2.24) is 14.3 Å². The zero-order valence-corrected chi connectivity index (χ0v) is 17.5. The van der Waals surface area contributed by atoms with Gasteiger partial charge in [-0.2, -0.15) is 0 Å². The van der Waals surface area contributed by atoms with Gasteiger partial charge in [0, 0.05) is 30.9 Å². The van der Waals surface area contributed by atoms with Crippen molar-refractivity contribution in [2.75, 3.05) is 6.54 Å². The Labute approximate surface area is 181 Å². The van der Waals surface area contributed by atoms with Crippen molar-refractivity contribution < 1.29 is 9.90 Å². The van der Waals surface area contributed by atoms with Crippen LogP contribution in [0.25, 0.3) is 16.8 Å². The second-order valence-electron chi connectivity index (χ2n) is 8.33. The van der Waals surface area contributed by atoms with E-state index >= 15 is 0 Å². The summed E-state index contributed by atoms with van der Waals surface area (Å²) in [4.78, 5) is 18.9. The van der Waals surface area contributed by atoms with Crippen molar-refractivity contribution in [3.8, 4) is 11.1 Å². The van der Waals surface area contributed by atoms with Gasteiger partial charge in [-0.1, -0.05) is 54.6 Å². The first-order valence-electron chi connectivity index (χ1n) is 10.7. The van der Waals surface area contributed by atoms with Crippen molar-refractivity contribution in [2.24, 2.45) is 0 Å². The van der Waals surface area contributed by atoms with Crippen molar-refractivity contribution in [1.29, 1.82) is 0 Å². The molecule has 0 bridgehead atoms. The highest BCUT2D eigenvalue weighted by Crippen LogP contribution is 2.42. The number of imidazole rings is 1. The summed E-state index contributed by atoms with van der Waals surface area (Å²) in [6.07, 6.45) is 5.33. The van der Waals surface area contributed by atoms with Crippen LogP contribution in [0.5, 0.6) is 0 Å². The summed E-state index contributed by atoms with van der Waals surface area (Å²) in [7, 11) is 0. The quantitative estimate of drug-likeness (QED) is 0.481. The van der Waals surface area contributed by atoms with E-state index in [4.69, 9.17) is 4.98 Å². The third-order valence-electron chi connectivity index (χ3n) is 6.45. The molecule has 1 N–H and O–H groups in total. The molecule has 31 heavy (non-hydrogen) atoms. The Morgan fingerprint density at radius 3 is 2.55 bits per heavy atom. The maximum atomic E-state index is 12.2. The van der Waals surface area contributed by atoms with E-state index in [-0.39, 0.29) is 0 Å². The number of nitrogens with zero attached hydrogens (tertiary/aromatic N) is 3. The van der Waals surface area contributed by atoms with Crippen LogP contribution in [0.15, 0.2) is 79.1 Å². The van der Waals surface area contributed by atoms with Gasteiger partial charge in [-0.3, -0.25) is 4.90 Å². The van der Waals surface area contributed by atoms with Crippen LogP contribution in [0.1, 0.15) is 29.7 Å². The number of hydrogen-bond acceptors (Lipinski definition) is 2. The number of aromatic nitrogens is 2. The van der Waals surface area contributed by atoms with Crippen molar-refractivity contribution in [2.45, 2.75) is 31.7 Å². The number of aryl methyl sites for hydroxylation is 1. The average molecular weight is 412 g/mol. The fourth-order valence-electron chi connectivity index (χ4n) is 4.95. The van der Waals surface area contributed by atoms with Crippen LogP contribution >= 0.6 is 0 Å². The first kappa shape index (κ1) is 19.4. The number of likely N-dealkylation sites (tertiary alicyclic amines) is 1. The molecular formula is C26H25N3O2. The molecule has 1 fully saturated rings. The van der Waals surface area contributed by atoms with Gasteiger partial charge in [0.2, 0.25) is 0 Å². The van der Waals surface area contributed by atoms with E-state index in [0.717, 1.165) is 40.9 Å². The van der Waals surface area contributed by atoms with Gasteiger partial charge in [0.25, 0.3) is 0 Å². The van der Waals surface area contributed by atoms with Crippen molar-refractivity contribution in [3.63, 3.8) is 0 Å². The lowest BCUT2D eigenvalue weighted by Gasteiger charge is -2.35. The van der Waals surface area contributed by atoms with Crippen LogP contribution in [0.4, 0.5) is 4.79 Å². The van der Waals surface area contributed by atoms with Crippen LogP contribution < -0.4 is 0 Å². The van der Waals surface area contributed by atoms with Gasteiger partial charge in [-0.05, 0) is 48.6 Å². The zero-order chi connectivity index (χ0) is 21.4. The molecule has 5 nitrogen and oxygen atoms in total. The van der Waals surface area contributed by atoms with Crippen molar-refractivity contribution in [3.05, 3.63) is 95.9 Å². The lowest BCUT2D eigenvalue weighted by molar-refractivity contribution is 0.0985. The molecule has 1 saturated heterocycles. The molecular weight excluding hydrogens is 386 g/mol. The monoisotopic (exact) mass is 411 g/mol. The smallest absolute Gasteiger partial charge is 0.408 e. The number of carboxylic acid groups (broad SMARTS) is 1. The van der Waals surface area contributed by atoms with Gasteiger partial charge in [-0.15, -0.1) is 0 Å². The topological polar surface area (TPSA) is 57.8 Å². The highest BCUT2D eigenvalue weighted by molar-refractivity contribution is 5.80. The van der Waals surface area contributed by atoms with Gasteiger partial charge < -0.3 is 9.51 Å². The summed E-state index contributed by atoms with van der Waals surface area (Å²) < 4.78 is 2.03. The molecule has 0 spiro atoms. The summed E-state index contributed by atoms with van der Waals surface area (Å²) in [5.41, 5.74) is 5.51. The molecule has 5 rings (SSSR count). The predicted molar refractivity (Wildman–Crippen MR) is 121 cm³/mol. The van der Waals surface area contributed by atoms with E-state index in [1.54, 1.807) is 4.90 Å². The highest BCUT2D eigenvalue weighted by atomic mass is 16.4. The van der Waals surface area contributed by atoms with Crippen LogP contribution in [0, 0.1) is 6.92 Å². The molecule has 1 amide bonds. The SMILES string of the molecule is Cc1ccccc1-c1cccn2cc([C@@]3(Cc4ccccc4)CCCN3C(=O)O)nc12. The standard InChI is InChI=1S/C26H25N3O2/c1-19-9-5-6-12-21(19)22-13-7-15-28-18-23(27-24(22)28)26(14-8-16-29(26)25(30)31)17-20-10-3-2-4-11-20/h2-7,9-13,15,18H,8,14,16-17H2,1H3,(H,30,31)/t26-/m0/s1. The summed E-state index contributed by atoms with van der Waals surface area (Å²) >= 11 is 0. The first-order chi connectivity index (χ1) is 15.1. The molecule has 3 heterocycles. The Kier molecular flexibility index (Phi) is 4.74. The summed E-state index contributed by atoms with van der Waals surface area (Å²) in [6, 6.07) is 22.5. The third kappa shape index (κ3) is 3.26. The highest BCUT2D eigenvalue weighted by Gasteiger charge is 2.47. The second kappa shape index (κ2) is 7.58. The van der Waals surface area contributed by atoms with Crippen LogP contribution in [-0.4, -0.2) is 32.0 Å². The number of benzene rings is 2. The average Bonchev–Trinajstić information content (AvgIpc) is 3.40. The molecule has 4 aromatic rings. The Morgan fingerprint density at radius 2 is 1.77 bits per heavy atom. The summed E-state index contributed by atoms with van der Waals surface area (Å²) in [5.74, 6) is 0. The number of fused-ring (bicyclic) bond motifs is 1. The fraction of sp³-hybridized carbons (Fsp3) is 0.231. The van der Waals surface area contributed by atoms with Gasteiger partial charge in [0.15, 0.2) is 0 Å². The first-order valence-corrected chi connectivity index (χ1v) is 10.7. The van der Waals surface area contributed by atoms with Gasteiger partial charge in [0.1, 0.15) is 5.65 Å². The molecule has 0 aliphatic carbocycles. The number of rotatable bonds is 4. The van der Waals surface area contributed by atoms with Gasteiger partial charge in [-0.25, -0.2) is 9.78 Å². The summed E-state index contributed by atoms with van der Waals surface area (Å²) in [5, 5.41) is 10.0. The molecule has 0 saturated carbocycles. The van der Waals surface area contributed by atoms with Gasteiger partial charge in [0.05, 0.1) is 11.2 Å². The van der Waals surface area contributed by atoms with E-state index in [9.17, 15) is 9.90 Å². The number of pyridine rings is 1. The summed E-state index contributed by atoms with van der Waals surface area (Å²) in [6.45, 7) is 2.63. The lowest BCUT2D eigenvalue weighted by Crippen LogP contribution is -2.46. The number of carbonyl (C=O) groups is 1. The molecule has 0 unspecified atom stereocenters. The molecule has 2 aromatic heterocycles. The molecule has 1 aliphatic rings. The van der Waals surface area contributed by atoms with E-state index in [2.05, 4.69) is 37.3 Å². The van der Waals surface area contributed by atoms with E-state index < -0.39 is 11.6 Å². The molecule has 0 radical (unpaired) electrons. The van der Waals surface area contributed by atoms with Gasteiger partial charge >= 0.3 is 6.09 Å². The minimum atomic E-state index is -0.885. The number of amides is 1. The molecule has 1 atom stereocenters. The van der Waals surface area contributed by atoms with E-state index in [1.807, 2.05) is 53.2 Å². The fourth-order valence-corrected chi connectivity index (χ4v) is 4.95. The maximum Gasteiger partial charge on any atom is 0.408 e. The maximum absolute atomic E-state index is 12.2. The van der Waals surface area contributed by atoms with Crippen LogP contribution in [0.3, 0.4) is 0 Å². The van der Waals surface area contributed by atoms with Crippen molar-refractivity contribution >= 4 is 11.7 Å². The Bertz CT molecular complexity index is 1250. The zero-order valence-electron chi connectivity index (χ0n) is 17.5. The Hall–Kier alpha value is -3.60. The minimum absolute atomic E-state index is 0.528.